The third-order valence-electron chi connectivity index (χ3n) is 4.49. The van der Waals surface area contributed by atoms with Crippen molar-refractivity contribution in [3.05, 3.63) is 0 Å². The van der Waals surface area contributed by atoms with Crippen molar-refractivity contribution in [3.8, 4) is 0 Å². The first kappa shape index (κ1) is 17.0. The molecule has 0 aromatic heterocycles. The molecule has 1 N–H and O–H groups in total. The Bertz CT molecular complexity index is 340. The summed E-state index contributed by atoms with van der Waals surface area (Å²) in [5, 5.41) is 3.56. The van der Waals surface area contributed by atoms with Crippen LogP contribution in [0.15, 0.2) is 0 Å². The van der Waals surface area contributed by atoms with Crippen molar-refractivity contribution >= 4 is 9.84 Å². The van der Waals surface area contributed by atoms with Crippen molar-refractivity contribution in [1.29, 1.82) is 0 Å². The SMILES string of the molecule is CCCC1CCC(NCC)C(CCS(=O)(=O)CC)C1. The third-order valence-corrected chi connectivity index (χ3v) is 6.23. The summed E-state index contributed by atoms with van der Waals surface area (Å²) in [5.74, 6) is 2.01. The lowest BCUT2D eigenvalue weighted by Gasteiger charge is -2.36. The highest BCUT2D eigenvalue weighted by Gasteiger charge is 2.30. The second-order valence-corrected chi connectivity index (χ2v) is 8.39. The topological polar surface area (TPSA) is 46.2 Å². The molecule has 114 valence electrons. The Hall–Kier alpha value is -0.0900. The van der Waals surface area contributed by atoms with E-state index in [0.29, 0.717) is 17.7 Å². The van der Waals surface area contributed by atoms with Gasteiger partial charge < -0.3 is 5.32 Å². The van der Waals surface area contributed by atoms with Crippen molar-refractivity contribution in [2.75, 3.05) is 18.1 Å². The molecule has 0 saturated heterocycles. The summed E-state index contributed by atoms with van der Waals surface area (Å²) in [6.07, 6.45) is 7.13. The zero-order valence-corrected chi connectivity index (χ0v) is 13.6. The molecule has 1 saturated carbocycles. The fourth-order valence-electron chi connectivity index (χ4n) is 3.36. The van der Waals surface area contributed by atoms with Gasteiger partial charge in [-0.1, -0.05) is 33.6 Å². The van der Waals surface area contributed by atoms with Crippen LogP contribution in [0.3, 0.4) is 0 Å². The van der Waals surface area contributed by atoms with Crippen LogP contribution >= 0.6 is 0 Å². The van der Waals surface area contributed by atoms with E-state index in [9.17, 15) is 8.42 Å². The number of sulfone groups is 1. The van der Waals surface area contributed by atoms with Crippen LogP contribution in [0, 0.1) is 11.8 Å². The van der Waals surface area contributed by atoms with E-state index in [2.05, 4.69) is 19.2 Å². The highest BCUT2D eigenvalue weighted by Crippen LogP contribution is 2.34. The van der Waals surface area contributed by atoms with E-state index in [-0.39, 0.29) is 5.75 Å². The van der Waals surface area contributed by atoms with Crippen molar-refractivity contribution in [2.45, 2.75) is 65.3 Å². The normalized spacial score (nSPS) is 28.5. The summed E-state index contributed by atoms with van der Waals surface area (Å²) in [6.45, 7) is 7.11. The Morgan fingerprint density at radius 1 is 1.11 bits per heavy atom. The monoisotopic (exact) mass is 289 g/mol. The van der Waals surface area contributed by atoms with Crippen molar-refractivity contribution in [2.24, 2.45) is 11.8 Å². The molecule has 3 unspecified atom stereocenters. The smallest absolute Gasteiger partial charge is 0.150 e. The molecule has 0 radical (unpaired) electrons. The predicted octanol–water partition coefficient (Wildman–Crippen LogP) is 3.01. The van der Waals surface area contributed by atoms with Crippen LogP contribution in [-0.4, -0.2) is 32.5 Å². The average molecular weight is 289 g/mol. The Balaban J connectivity index is 2.56. The summed E-state index contributed by atoms with van der Waals surface area (Å²) in [4.78, 5) is 0. The Morgan fingerprint density at radius 2 is 1.84 bits per heavy atom. The van der Waals surface area contributed by atoms with E-state index in [1.54, 1.807) is 6.92 Å². The maximum Gasteiger partial charge on any atom is 0.150 e. The van der Waals surface area contributed by atoms with Crippen molar-refractivity contribution < 1.29 is 8.42 Å². The van der Waals surface area contributed by atoms with E-state index in [1.165, 1.54) is 32.1 Å². The zero-order valence-electron chi connectivity index (χ0n) is 12.8. The first-order valence-corrected chi connectivity index (χ1v) is 9.78. The predicted molar refractivity (Wildman–Crippen MR) is 82.1 cm³/mol. The molecule has 1 aliphatic rings. The minimum absolute atomic E-state index is 0.282. The number of hydrogen-bond acceptors (Lipinski definition) is 3. The maximum atomic E-state index is 11.7. The molecule has 1 rings (SSSR count). The molecule has 1 fully saturated rings. The van der Waals surface area contributed by atoms with Gasteiger partial charge in [0.25, 0.3) is 0 Å². The van der Waals surface area contributed by atoms with E-state index >= 15 is 0 Å². The highest BCUT2D eigenvalue weighted by atomic mass is 32.2. The number of nitrogens with one attached hydrogen (secondary N) is 1. The van der Waals surface area contributed by atoms with Crippen LogP contribution in [0.2, 0.25) is 0 Å². The molecular weight excluding hydrogens is 258 g/mol. The fourth-order valence-corrected chi connectivity index (χ4v) is 4.31. The van der Waals surface area contributed by atoms with Gasteiger partial charge in [0.1, 0.15) is 9.84 Å². The van der Waals surface area contributed by atoms with Gasteiger partial charge in [-0.3, -0.25) is 0 Å². The zero-order chi connectivity index (χ0) is 14.3. The van der Waals surface area contributed by atoms with Gasteiger partial charge in [-0.15, -0.1) is 0 Å². The maximum absolute atomic E-state index is 11.7. The Kier molecular flexibility index (Phi) is 7.37. The Morgan fingerprint density at radius 3 is 2.42 bits per heavy atom. The van der Waals surface area contributed by atoms with Gasteiger partial charge >= 0.3 is 0 Å². The molecule has 0 spiro atoms. The first-order chi connectivity index (χ1) is 9.02. The minimum Gasteiger partial charge on any atom is -0.314 e. The van der Waals surface area contributed by atoms with E-state index < -0.39 is 9.84 Å². The molecule has 4 heteroatoms. The number of rotatable bonds is 8. The van der Waals surface area contributed by atoms with Gasteiger partial charge in [-0.25, -0.2) is 8.42 Å². The summed E-state index contributed by atoms with van der Waals surface area (Å²) in [5.41, 5.74) is 0. The second-order valence-electron chi connectivity index (χ2n) is 5.92. The lowest BCUT2D eigenvalue weighted by molar-refractivity contribution is 0.192. The molecule has 1 aliphatic carbocycles. The van der Waals surface area contributed by atoms with Gasteiger partial charge in [0.05, 0.1) is 5.75 Å². The van der Waals surface area contributed by atoms with Gasteiger partial charge in [-0.2, -0.15) is 0 Å². The van der Waals surface area contributed by atoms with Crippen LogP contribution in [0.5, 0.6) is 0 Å². The molecule has 3 atom stereocenters. The molecule has 19 heavy (non-hydrogen) atoms. The molecule has 0 amide bonds. The van der Waals surface area contributed by atoms with Gasteiger partial charge in [0.2, 0.25) is 0 Å². The highest BCUT2D eigenvalue weighted by molar-refractivity contribution is 7.91. The molecule has 0 heterocycles. The molecular formula is C15H31NO2S. The largest absolute Gasteiger partial charge is 0.314 e. The Labute approximate surface area is 119 Å². The average Bonchev–Trinajstić information content (AvgIpc) is 2.39. The van der Waals surface area contributed by atoms with Crippen LogP contribution < -0.4 is 5.32 Å². The summed E-state index contributed by atoms with van der Waals surface area (Å²) < 4.78 is 23.4. The summed E-state index contributed by atoms with van der Waals surface area (Å²) in [6, 6.07) is 0.533. The molecule has 0 aliphatic heterocycles. The standard InChI is InChI=1S/C15H31NO2S/c1-4-7-13-8-9-15(16-5-2)14(12-13)10-11-19(17,18)6-3/h13-16H,4-12H2,1-3H3. The summed E-state index contributed by atoms with van der Waals surface area (Å²) in [7, 11) is -2.81. The molecule has 0 aromatic rings. The lowest BCUT2D eigenvalue weighted by Crippen LogP contribution is -2.41. The van der Waals surface area contributed by atoms with Crippen molar-refractivity contribution in [1.82, 2.24) is 5.32 Å². The number of hydrogen-bond donors (Lipinski definition) is 1. The molecule has 3 nitrogen and oxygen atoms in total. The lowest BCUT2D eigenvalue weighted by atomic mass is 9.75. The van der Waals surface area contributed by atoms with Crippen LogP contribution in [0.25, 0.3) is 0 Å². The second kappa shape index (κ2) is 8.25. The van der Waals surface area contributed by atoms with Gasteiger partial charge in [-0.05, 0) is 44.1 Å². The van der Waals surface area contributed by atoms with Gasteiger partial charge in [0.15, 0.2) is 0 Å². The molecule has 0 bridgehead atoms. The molecule has 0 aromatic carbocycles. The first-order valence-electron chi connectivity index (χ1n) is 7.96. The van der Waals surface area contributed by atoms with Crippen molar-refractivity contribution in [3.63, 3.8) is 0 Å². The summed E-state index contributed by atoms with van der Waals surface area (Å²) >= 11 is 0. The van der Waals surface area contributed by atoms with Gasteiger partial charge in [0, 0.05) is 11.8 Å². The quantitative estimate of drug-likeness (QED) is 0.747. The van der Waals surface area contributed by atoms with Crippen LogP contribution in [0.4, 0.5) is 0 Å². The minimum atomic E-state index is -2.81. The van der Waals surface area contributed by atoms with E-state index in [0.717, 1.165) is 18.9 Å². The fraction of sp³-hybridized carbons (Fsp3) is 1.00. The third kappa shape index (κ3) is 5.82. The van der Waals surface area contributed by atoms with E-state index in [1.807, 2.05) is 0 Å². The van der Waals surface area contributed by atoms with Crippen LogP contribution in [-0.2, 0) is 9.84 Å². The van der Waals surface area contributed by atoms with Crippen LogP contribution in [0.1, 0.15) is 59.3 Å². The van der Waals surface area contributed by atoms with E-state index in [4.69, 9.17) is 0 Å².